The molecule has 0 heterocycles. The number of amides is 3. The number of thiocarbonyl (C=S) groups is 1. The zero-order valence-electron chi connectivity index (χ0n) is 11.5. The van der Waals surface area contributed by atoms with Crippen LogP contribution in [0.1, 0.15) is 15.9 Å². The maximum atomic E-state index is 11.8. The van der Waals surface area contributed by atoms with E-state index in [2.05, 4.69) is 10.6 Å². The molecule has 108 valence electrons. The van der Waals surface area contributed by atoms with Gasteiger partial charge in [0.05, 0.1) is 0 Å². The fourth-order valence-electron chi connectivity index (χ4n) is 1.39. The highest BCUT2D eigenvalue weighted by atomic mass is 32.1. The number of carbonyl (C=O) groups is 2. The van der Waals surface area contributed by atoms with Crippen LogP contribution in [-0.4, -0.2) is 49.0 Å². The van der Waals surface area contributed by atoms with Crippen molar-refractivity contribution in [3.63, 3.8) is 0 Å². The van der Waals surface area contributed by atoms with Crippen molar-refractivity contribution in [1.29, 1.82) is 0 Å². The third-order valence-corrected chi connectivity index (χ3v) is 2.76. The van der Waals surface area contributed by atoms with Crippen LogP contribution in [0, 0.1) is 0 Å². The van der Waals surface area contributed by atoms with Gasteiger partial charge in [-0.15, -0.1) is 0 Å². The number of nitrogens with one attached hydrogen (secondary N) is 2. The Bertz CT molecular complexity index is 500. The summed E-state index contributed by atoms with van der Waals surface area (Å²) >= 11 is 4.84. The van der Waals surface area contributed by atoms with E-state index in [0.717, 1.165) is 5.56 Å². The van der Waals surface area contributed by atoms with Crippen molar-refractivity contribution in [3.8, 4) is 0 Å². The van der Waals surface area contributed by atoms with E-state index in [1.54, 1.807) is 38.4 Å². The van der Waals surface area contributed by atoms with Crippen molar-refractivity contribution in [2.75, 3.05) is 27.2 Å². The average molecular weight is 294 g/mol. The summed E-state index contributed by atoms with van der Waals surface area (Å²) in [6.45, 7) is 0.725. The van der Waals surface area contributed by atoms with Crippen LogP contribution in [0.4, 0.5) is 4.79 Å². The smallest absolute Gasteiger partial charge is 0.316 e. The second-order valence-corrected chi connectivity index (χ2v) is 4.76. The lowest BCUT2D eigenvalue weighted by Crippen LogP contribution is -2.39. The standard InChI is InChI=1S/C13H18N4O2S/c1-17(2)13(19)16-8-7-15-12(18)10-5-3-9(4-6-10)11(14)20/h3-6H,7-8H2,1-2H3,(H2,14,20)(H,15,18)(H,16,19). The topological polar surface area (TPSA) is 87.5 Å². The first-order valence-corrected chi connectivity index (χ1v) is 6.46. The number of urea groups is 1. The Kier molecular flexibility index (Phi) is 5.92. The molecule has 0 saturated heterocycles. The highest BCUT2D eigenvalue weighted by Crippen LogP contribution is 2.04. The predicted molar refractivity (Wildman–Crippen MR) is 81.7 cm³/mol. The minimum absolute atomic E-state index is 0.194. The summed E-state index contributed by atoms with van der Waals surface area (Å²) in [4.78, 5) is 24.8. The fraction of sp³-hybridized carbons (Fsp3) is 0.308. The van der Waals surface area contributed by atoms with Gasteiger partial charge in [-0.1, -0.05) is 24.4 Å². The van der Waals surface area contributed by atoms with Gasteiger partial charge in [0.15, 0.2) is 0 Å². The van der Waals surface area contributed by atoms with Gasteiger partial charge in [0, 0.05) is 38.3 Å². The summed E-state index contributed by atoms with van der Waals surface area (Å²) in [5, 5.41) is 5.36. The molecule has 20 heavy (non-hydrogen) atoms. The van der Waals surface area contributed by atoms with Gasteiger partial charge in [-0.05, 0) is 12.1 Å². The summed E-state index contributed by atoms with van der Waals surface area (Å²) in [5.41, 5.74) is 6.71. The summed E-state index contributed by atoms with van der Waals surface area (Å²) in [5.74, 6) is -0.210. The van der Waals surface area contributed by atoms with E-state index in [1.807, 2.05) is 0 Å². The van der Waals surface area contributed by atoms with E-state index < -0.39 is 0 Å². The molecule has 1 aromatic rings. The second-order valence-electron chi connectivity index (χ2n) is 4.32. The number of hydrogen-bond donors (Lipinski definition) is 3. The molecule has 0 unspecified atom stereocenters. The highest BCUT2D eigenvalue weighted by molar-refractivity contribution is 7.80. The molecule has 4 N–H and O–H groups in total. The van der Waals surface area contributed by atoms with Crippen molar-refractivity contribution < 1.29 is 9.59 Å². The molecule has 0 atom stereocenters. The molecule has 0 aliphatic heterocycles. The van der Waals surface area contributed by atoms with E-state index in [0.29, 0.717) is 23.6 Å². The molecular formula is C13H18N4O2S. The van der Waals surface area contributed by atoms with E-state index in [1.165, 1.54) is 4.90 Å². The number of nitrogens with two attached hydrogens (primary N) is 1. The van der Waals surface area contributed by atoms with Crippen LogP contribution in [0.2, 0.25) is 0 Å². The molecule has 0 aliphatic rings. The number of rotatable bonds is 5. The number of hydrogen-bond acceptors (Lipinski definition) is 3. The molecule has 1 rings (SSSR count). The van der Waals surface area contributed by atoms with Crippen LogP contribution < -0.4 is 16.4 Å². The Balaban J connectivity index is 2.39. The van der Waals surface area contributed by atoms with Crippen molar-refractivity contribution in [2.24, 2.45) is 5.73 Å². The van der Waals surface area contributed by atoms with E-state index in [9.17, 15) is 9.59 Å². The Morgan fingerprint density at radius 3 is 2.10 bits per heavy atom. The van der Waals surface area contributed by atoms with Gasteiger partial charge in [-0.25, -0.2) is 4.79 Å². The number of benzene rings is 1. The van der Waals surface area contributed by atoms with Gasteiger partial charge in [-0.2, -0.15) is 0 Å². The van der Waals surface area contributed by atoms with Gasteiger partial charge in [0.1, 0.15) is 4.99 Å². The summed E-state index contributed by atoms with van der Waals surface area (Å²) in [6, 6.07) is 6.51. The first kappa shape index (κ1) is 15.9. The molecule has 0 spiro atoms. The molecule has 3 amide bonds. The van der Waals surface area contributed by atoms with E-state index in [-0.39, 0.29) is 11.9 Å². The normalized spacial score (nSPS) is 9.70. The SMILES string of the molecule is CN(C)C(=O)NCCNC(=O)c1ccc(C(N)=S)cc1. The van der Waals surface area contributed by atoms with Crippen molar-refractivity contribution in [1.82, 2.24) is 15.5 Å². The van der Waals surface area contributed by atoms with E-state index >= 15 is 0 Å². The predicted octanol–water partition coefficient (Wildman–Crippen LogP) is 0.322. The molecule has 0 fully saturated rings. The minimum atomic E-state index is -0.210. The molecule has 7 heteroatoms. The van der Waals surface area contributed by atoms with E-state index in [4.69, 9.17) is 18.0 Å². The average Bonchev–Trinajstić information content (AvgIpc) is 2.43. The number of nitrogens with zero attached hydrogens (tertiary/aromatic N) is 1. The van der Waals surface area contributed by atoms with Crippen LogP contribution in [0.5, 0.6) is 0 Å². The largest absolute Gasteiger partial charge is 0.389 e. The Morgan fingerprint density at radius 2 is 1.60 bits per heavy atom. The lowest BCUT2D eigenvalue weighted by Gasteiger charge is -2.12. The highest BCUT2D eigenvalue weighted by Gasteiger charge is 2.06. The molecule has 0 aliphatic carbocycles. The summed E-state index contributed by atoms with van der Waals surface area (Å²) in [7, 11) is 3.30. The van der Waals surface area contributed by atoms with Crippen molar-refractivity contribution in [2.45, 2.75) is 0 Å². The van der Waals surface area contributed by atoms with Crippen molar-refractivity contribution >= 4 is 29.1 Å². The first-order chi connectivity index (χ1) is 9.41. The lowest BCUT2D eigenvalue weighted by atomic mass is 10.1. The van der Waals surface area contributed by atoms with Crippen molar-refractivity contribution in [3.05, 3.63) is 35.4 Å². The zero-order valence-corrected chi connectivity index (χ0v) is 12.3. The van der Waals surface area contributed by atoms with Crippen LogP contribution in [-0.2, 0) is 0 Å². The Morgan fingerprint density at radius 1 is 1.10 bits per heavy atom. The van der Waals surface area contributed by atoms with Gasteiger partial charge < -0.3 is 21.3 Å². The third-order valence-electron chi connectivity index (χ3n) is 2.52. The maximum Gasteiger partial charge on any atom is 0.316 e. The monoisotopic (exact) mass is 294 g/mol. The molecule has 6 nitrogen and oxygen atoms in total. The zero-order chi connectivity index (χ0) is 15.1. The summed E-state index contributed by atoms with van der Waals surface area (Å²) < 4.78 is 0. The molecule has 0 radical (unpaired) electrons. The molecule has 0 saturated carbocycles. The first-order valence-electron chi connectivity index (χ1n) is 6.05. The van der Waals surface area contributed by atoms with Gasteiger partial charge >= 0.3 is 6.03 Å². The van der Waals surface area contributed by atoms with Gasteiger partial charge in [0.2, 0.25) is 0 Å². The molecule has 1 aromatic carbocycles. The van der Waals surface area contributed by atoms with Crippen LogP contribution in [0.25, 0.3) is 0 Å². The summed E-state index contributed by atoms with van der Waals surface area (Å²) in [6.07, 6.45) is 0. The third kappa shape index (κ3) is 4.85. The molecule has 0 bridgehead atoms. The maximum absolute atomic E-state index is 11.8. The van der Waals surface area contributed by atoms with Crippen LogP contribution in [0.15, 0.2) is 24.3 Å². The van der Waals surface area contributed by atoms with Gasteiger partial charge in [0.25, 0.3) is 5.91 Å². The Labute approximate surface area is 123 Å². The van der Waals surface area contributed by atoms with Crippen LogP contribution >= 0.6 is 12.2 Å². The fourth-order valence-corrected chi connectivity index (χ4v) is 1.53. The van der Waals surface area contributed by atoms with Crippen LogP contribution in [0.3, 0.4) is 0 Å². The lowest BCUT2D eigenvalue weighted by molar-refractivity contribution is 0.0953. The minimum Gasteiger partial charge on any atom is -0.389 e. The molecule has 0 aromatic heterocycles. The second kappa shape index (κ2) is 7.44. The Hall–Kier alpha value is -2.15. The van der Waals surface area contributed by atoms with Gasteiger partial charge in [-0.3, -0.25) is 4.79 Å². The quantitative estimate of drug-likeness (QED) is 0.539. The number of carbonyl (C=O) groups excluding carboxylic acids is 2. The molecular weight excluding hydrogens is 276 g/mol.